The van der Waals surface area contributed by atoms with Gasteiger partial charge in [-0.05, 0) is 46.6 Å². The van der Waals surface area contributed by atoms with Crippen LogP contribution in [0.3, 0.4) is 0 Å². The van der Waals surface area contributed by atoms with Crippen molar-refractivity contribution in [2.24, 2.45) is 0 Å². The highest BCUT2D eigenvalue weighted by Crippen LogP contribution is 2.26. The van der Waals surface area contributed by atoms with Crippen LogP contribution in [0.15, 0.2) is 0 Å². The standard InChI is InChI=1S/C12H23NO4S/c1-11(2,3)17-10(15)13(18-6)12(4,5)16-9-7-8-14/h8H,7,9H2,1-6H3. The molecule has 0 bridgehead atoms. The van der Waals surface area contributed by atoms with E-state index in [0.29, 0.717) is 6.42 Å². The molecule has 6 heteroatoms. The minimum absolute atomic E-state index is 0.274. The Hall–Kier alpha value is -0.750. The molecule has 0 fully saturated rings. The number of hydrogen-bond donors (Lipinski definition) is 0. The first-order valence-corrected chi connectivity index (χ1v) is 6.97. The van der Waals surface area contributed by atoms with Crippen LogP contribution in [0, 0.1) is 0 Å². The van der Waals surface area contributed by atoms with E-state index in [4.69, 9.17) is 9.47 Å². The molecule has 0 heterocycles. The van der Waals surface area contributed by atoms with E-state index in [2.05, 4.69) is 0 Å². The van der Waals surface area contributed by atoms with E-state index in [1.807, 2.05) is 20.8 Å². The molecule has 0 aromatic heterocycles. The topological polar surface area (TPSA) is 55.8 Å². The van der Waals surface area contributed by atoms with Gasteiger partial charge < -0.3 is 14.3 Å². The summed E-state index contributed by atoms with van der Waals surface area (Å²) in [5.41, 5.74) is -1.38. The van der Waals surface area contributed by atoms with Gasteiger partial charge in [0.05, 0.1) is 6.61 Å². The van der Waals surface area contributed by atoms with Crippen LogP contribution in [0.4, 0.5) is 4.79 Å². The molecule has 0 rings (SSSR count). The molecule has 0 saturated carbocycles. The third-order valence-electron chi connectivity index (χ3n) is 1.92. The van der Waals surface area contributed by atoms with Gasteiger partial charge in [-0.1, -0.05) is 0 Å². The molecule has 0 N–H and O–H groups in total. The summed E-state index contributed by atoms with van der Waals surface area (Å²) in [7, 11) is 0. The summed E-state index contributed by atoms with van der Waals surface area (Å²) in [5, 5.41) is 0. The number of rotatable bonds is 6. The minimum atomic E-state index is -0.829. The predicted molar refractivity (Wildman–Crippen MR) is 72.3 cm³/mol. The number of ether oxygens (including phenoxy) is 2. The van der Waals surface area contributed by atoms with E-state index in [1.54, 1.807) is 20.1 Å². The van der Waals surface area contributed by atoms with Crippen molar-refractivity contribution in [1.29, 1.82) is 0 Å². The first-order valence-electron chi connectivity index (χ1n) is 5.79. The SMILES string of the molecule is CSN(C(=O)OC(C)(C)C)C(C)(C)OCCC=O. The Balaban J connectivity index is 4.63. The van der Waals surface area contributed by atoms with Crippen molar-refractivity contribution < 1.29 is 19.1 Å². The summed E-state index contributed by atoms with van der Waals surface area (Å²) in [6, 6.07) is 0. The Morgan fingerprint density at radius 3 is 2.22 bits per heavy atom. The van der Waals surface area contributed by atoms with Crippen molar-refractivity contribution in [3.8, 4) is 0 Å². The fourth-order valence-corrected chi connectivity index (χ4v) is 1.91. The van der Waals surface area contributed by atoms with E-state index in [9.17, 15) is 9.59 Å². The van der Waals surface area contributed by atoms with Crippen molar-refractivity contribution in [2.75, 3.05) is 12.9 Å². The van der Waals surface area contributed by atoms with Crippen molar-refractivity contribution in [3.63, 3.8) is 0 Å². The molecule has 0 aliphatic carbocycles. The number of aldehydes is 1. The highest BCUT2D eigenvalue weighted by molar-refractivity contribution is 7.96. The summed E-state index contributed by atoms with van der Waals surface area (Å²) < 4.78 is 12.3. The van der Waals surface area contributed by atoms with E-state index in [1.165, 1.54) is 16.3 Å². The maximum absolute atomic E-state index is 12.0. The summed E-state index contributed by atoms with van der Waals surface area (Å²) >= 11 is 1.23. The van der Waals surface area contributed by atoms with Crippen LogP contribution < -0.4 is 0 Å². The van der Waals surface area contributed by atoms with Gasteiger partial charge in [0.25, 0.3) is 0 Å². The van der Waals surface area contributed by atoms with Gasteiger partial charge in [0.2, 0.25) is 0 Å². The van der Waals surface area contributed by atoms with Gasteiger partial charge >= 0.3 is 6.09 Å². The quantitative estimate of drug-likeness (QED) is 0.323. The van der Waals surface area contributed by atoms with Crippen LogP contribution in [0.2, 0.25) is 0 Å². The third kappa shape index (κ3) is 6.26. The summed E-state index contributed by atoms with van der Waals surface area (Å²) in [6.07, 6.45) is 2.41. The second-order valence-electron chi connectivity index (χ2n) is 5.21. The van der Waals surface area contributed by atoms with E-state index >= 15 is 0 Å². The van der Waals surface area contributed by atoms with Gasteiger partial charge in [-0.2, -0.15) is 0 Å². The maximum atomic E-state index is 12.0. The fraction of sp³-hybridized carbons (Fsp3) is 0.833. The minimum Gasteiger partial charge on any atom is -0.443 e. The zero-order valence-corrected chi connectivity index (χ0v) is 12.8. The Kier molecular flexibility index (Phi) is 6.70. The summed E-state index contributed by atoms with van der Waals surface area (Å²) in [5.74, 6) is 0. The average molecular weight is 277 g/mol. The smallest absolute Gasteiger partial charge is 0.422 e. The zero-order valence-electron chi connectivity index (χ0n) is 12.0. The fourth-order valence-electron chi connectivity index (χ4n) is 1.23. The molecule has 106 valence electrons. The summed E-state index contributed by atoms with van der Waals surface area (Å²) in [6.45, 7) is 9.23. The van der Waals surface area contributed by atoms with Gasteiger partial charge in [0, 0.05) is 12.7 Å². The lowest BCUT2D eigenvalue weighted by Gasteiger charge is -2.36. The first-order chi connectivity index (χ1) is 8.14. The largest absolute Gasteiger partial charge is 0.443 e. The molecule has 0 aromatic carbocycles. The van der Waals surface area contributed by atoms with Gasteiger partial charge in [-0.15, -0.1) is 0 Å². The number of hydrogen-bond acceptors (Lipinski definition) is 5. The van der Waals surface area contributed by atoms with Crippen LogP contribution >= 0.6 is 11.9 Å². The Labute approximate surface area is 113 Å². The lowest BCUT2D eigenvalue weighted by Crippen LogP contribution is -2.47. The van der Waals surface area contributed by atoms with Gasteiger partial charge in [0.1, 0.15) is 11.9 Å². The average Bonchev–Trinajstić information content (AvgIpc) is 2.15. The Morgan fingerprint density at radius 2 is 1.83 bits per heavy atom. The second kappa shape index (κ2) is 6.99. The monoisotopic (exact) mass is 277 g/mol. The van der Waals surface area contributed by atoms with Crippen LogP contribution in [0.1, 0.15) is 41.0 Å². The van der Waals surface area contributed by atoms with Crippen molar-refractivity contribution in [1.82, 2.24) is 4.31 Å². The van der Waals surface area contributed by atoms with Gasteiger partial charge in [0.15, 0.2) is 5.72 Å². The van der Waals surface area contributed by atoms with E-state index < -0.39 is 17.4 Å². The molecule has 0 radical (unpaired) electrons. The van der Waals surface area contributed by atoms with Crippen molar-refractivity contribution in [2.45, 2.75) is 52.4 Å². The molecular formula is C12H23NO4S. The van der Waals surface area contributed by atoms with Crippen LogP contribution in [0.25, 0.3) is 0 Å². The maximum Gasteiger partial charge on any atom is 0.422 e. The zero-order chi connectivity index (χ0) is 14.4. The van der Waals surface area contributed by atoms with Gasteiger partial charge in [-0.3, -0.25) is 0 Å². The van der Waals surface area contributed by atoms with Crippen LogP contribution in [0.5, 0.6) is 0 Å². The number of carbonyl (C=O) groups is 2. The lowest BCUT2D eigenvalue weighted by atomic mass is 10.2. The first kappa shape index (κ1) is 17.2. The van der Waals surface area contributed by atoms with Crippen LogP contribution in [-0.2, 0) is 14.3 Å². The second-order valence-corrected chi connectivity index (χ2v) is 5.94. The number of nitrogens with zero attached hydrogens (tertiary/aromatic N) is 1. The van der Waals surface area contributed by atoms with E-state index in [-0.39, 0.29) is 6.61 Å². The van der Waals surface area contributed by atoms with E-state index in [0.717, 1.165) is 6.29 Å². The number of amides is 1. The molecule has 0 aliphatic heterocycles. The molecule has 1 amide bonds. The molecule has 18 heavy (non-hydrogen) atoms. The molecule has 0 saturated heterocycles. The normalized spacial score (nSPS) is 12.1. The highest BCUT2D eigenvalue weighted by Gasteiger charge is 2.34. The molecule has 0 aliphatic rings. The van der Waals surface area contributed by atoms with Crippen molar-refractivity contribution >= 4 is 24.3 Å². The molecule has 0 spiro atoms. The highest BCUT2D eigenvalue weighted by atomic mass is 32.2. The molecule has 0 aromatic rings. The molecule has 5 nitrogen and oxygen atoms in total. The van der Waals surface area contributed by atoms with Gasteiger partial charge in [-0.25, -0.2) is 9.10 Å². The molecule has 0 atom stereocenters. The van der Waals surface area contributed by atoms with Crippen molar-refractivity contribution in [3.05, 3.63) is 0 Å². The molecular weight excluding hydrogens is 254 g/mol. The predicted octanol–water partition coefficient (Wildman–Crippen LogP) is 2.84. The lowest BCUT2D eigenvalue weighted by molar-refractivity contribution is -0.114. The number of carbonyl (C=O) groups excluding carboxylic acids is 2. The molecule has 0 unspecified atom stereocenters. The Bertz CT molecular complexity index is 286. The Morgan fingerprint density at radius 1 is 1.28 bits per heavy atom. The van der Waals surface area contributed by atoms with Crippen LogP contribution in [-0.4, -0.2) is 40.9 Å². The third-order valence-corrected chi connectivity index (χ3v) is 2.88. The summed E-state index contributed by atoms with van der Waals surface area (Å²) in [4.78, 5) is 22.3.